The maximum absolute atomic E-state index is 12.7. The first-order valence-electron chi connectivity index (χ1n) is 11.7. The number of methoxy groups -OCH3 is 1. The summed E-state index contributed by atoms with van der Waals surface area (Å²) >= 11 is 0. The van der Waals surface area contributed by atoms with Gasteiger partial charge in [0.1, 0.15) is 22.8 Å². The molecule has 2 amide bonds. The number of hydrogen-bond acceptors (Lipinski definition) is 5. The lowest BCUT2D eigenvalue weighted by Crippen LogP contribution is -2.23. The second-order valence-corrected chi connectivity index (χ2v) is 8.78. The zero-order chi connectivity index (χ0) is 25.2. The van der Waals surface area contributed by atoms with Gasteiger partial charge in [-0.25, -0.2) is 4.68 Å². The first kappa shape index (κ1) is 23.2. The van der Waals surface area contributed by atoms with Gasteiger partial charge in [0.2, 0.25) is 0 Å². The molecular formula is C28H27N5O3. The molecule has 1 aliphatic rings. The van der Waals surface area contributed by atoms with E-state index < -0.39 is 5.91 Å². The average molecular weight is 482 g/mol. The van der Waals surface area contributed by atoms with Gasteiger partial charge < -0.3 is 21.1 Å². The number of para-hydroxylation sites is 1. The number of fused-ring (bicyclic) bond motifs is 2. The standard InChI is InChI=1S/C28H27N5O3/c1-17-7-12-23(36-2)21(15-17)28(35)30-16-18-8-10-20(11-9-18)25-24(26(29)34)27-31-22-6-4-3-5-19(22)13-14-33(27)32-25/h3-12,15,31H,13-14,16H2,1-2H3,(H2,29,34)(H,30,35). The van der Waals surface area contributed by atoms with Gasteiger partial charge in [0, 0.05) is 24.3 Å². The van der Waals surface area contributed by atoms with Gasteiger partial charge in [-0.15, -0.1) is 0 Å². The molecule has 0 fully saturated rings. The second kappa shape index (κ2) is 9.58. The maximum atomic E-state index is 12.7. The number of aryl methyl sites for hydroxylation is 3. The number of anilines is 2. The molecule has 36 heavy (non-hydrogen) atoms. The fourth-order valence-electron chi connectivity index (χ4n) is 4.46. The van der Waals surface area contributed by atoms with Crippen molar-refractivity contribution in [1.29, 1.82) is 0 Å². The largest absolute Gasteiger partial charge is 0.496 e. The Morgan fingerprint density at radius 3 is 2.64 bits per heavy atom. The van der Waals surface area contributed by atoms with Crippen molar-refractivity contribution in [3.8, 4) is 17.0 Å². The number of amides is 2. The predicted molar refractivity (Wildman–Crippen MR) is 139 cm³/mol. The van der Waals surface area contributed by atoms with Crippen LogP contribution in [0.4, 0.5) is 11.5 Å². The molecule has 1 aromatic heterocycles. The minimum atomic E-state index is -0.540. The summed E-state index contributed by atoms with van der Waals surface area (Å²) in [4.78, 5) is 25.2. The van der Waals surface area contributed by atoms with Gasteiger partial charge in [-0.05, 0) is 42.7 Å². The fraction of sp³-hybridized carbons (Fsp3) is 0.179. The van der Waals surface area contributed by atoms with Crippen LogP contribution in [0.1, 0.15) is 37.4 Å². The summed E-state index contributed by atoms with van der Waals surface area (Å²) in [6, 6.07) is 21.1. The highest BCUT2D eigenvalue weighted by Gasteiger charge is 2.25. The molecule has 2 heterocycles. The van der Waals surface area contributed by atoms with Crippen molar-refractivity contribution in [2.75, 3.05) is 12.4 Å². The minimum Gasteiger partial charge on any atom is -0.496 e. The fourth-order valence-corrected chi connectivity index (χ4v) is 4.46. The van der Waals surface area contributed by atoms with Crippen LogP contribution in [0.3, 0.4) is 0 Å². The van der Waals surface area contributed by atoms with E-state index in [1.807, 2.05) is 55.5 Å². The Labute approximate surface area is 209 Å². The average Bonchev–Trinajstić information content (AvgIpc) is 3.15. The van der Waals surface area contributed by atoms with E-state index in [1.165, 1.54) is 0 Å². The highest BCUT2D eigenvalue weighted by molar-refractivity contribution is 6.04. The van der Waals surface area contributed by atoms with Gasteiger partial charge in [-0.3, -0.25) is 9.59 Å². The molecule has 1 aliphatic heterocycles. The topological polar surface area (TPSA) is 111 Å². The number of ether oxygens (including phenoxy) is 1. The molecule has 0 bridgehead atoms. The van der Waals surface area contributed by atoms with Crippen LogP contribution in [0.25, 0.3) is 11.3 Å². The summed E-state index contributed by atoms with van der Waals surface area (Å²) in [5.74, 6) is 0.385. The Kier molecular flexibility index (Phi) is 6.16. The quantitative estimate of drug-likeness (QED) is 0.382. The SMILES string of the molecule is COc1ccc(C)cc1C(=O)NCc1ccc(-c2nn3c(c2C(N)=O)Nc2ccccc2CC3)cc1. The molecule has 0 atom stereocenters. The molecule has 4 aromatic rings. The highest BCUT2D eigenvalue weighted by Crippen LogP contribution is 2.34. The number of benzene rings is 3. The van der Waals surface area contributed by atoms with Crippen LogP contribution in [-0.2, 0) is 19.5 Å². The lowest BCUT2D eigenvalue weighted by molar-refractivity contribution is 0.0946. The second-order valence-electron chi connectivity index (χ2n) is 8.78. The molecule has 4 N–H and O–H groups in total. The molecule has 0 unspecified atom stereocenters. The van der Waals surface area contributed by atoms with Crippen LogP contribution < -0.4 is 21.1 Å². The van der Waals surface area contributed by atoms with Gasteiger partial charge in [-0.2, -0.15) is 5.10 Å². The van der Waals surface area contributed by atoms with Crippen molar-refractivity contribution >= 4 is 23.3 Å². The van der Waals surface area contributed by atoms with E-state index >= 15 is 0 Å². The molecule has 0 saturated carbocycles. The van der Waals surface area contributed by atoms with Crippen molar-refractivity contribution < 1.29 is 14.3 Å². The Morgan fingerprint density at radius 2 is 1.89 bits per heavy atom. The summed E-state index contributed by atoms with van der Waals surface area (Å²) in [5, 5.41) is 11.0. The Balaban J connectivity index is 1.37. The van der Waals surface area contributed by atoms with E-state index in [0.29, 0.717) is 41.5 Å². The van der Waals surface area contributed by atoms with E-state index in [1.54, 1.807) is 23.9 Å². The third-order valence-electron chi connectivity index (χ3n) is 6.34. The smallest absolute Gasteiger partial charge is 0.255 e. The summed E-state index contributed by atoms with van der Waals surface area (Å²) in [7, 11) is 1.55. The van der Waals surface area contributed by atoms with E-state index in [0.717, 1.165) is 34.4 Å². The van der Waals surface area contributed by atoms with Gasteiger partial charge in [0.15, 0.2) is 0 Å². The lowest BCUT2D eigenvalue weighted by Gasteiger charge is -2.11. The van der Waals surface area contributed by atoms with Crippen molar-refractivity contribution in [1.82, 2.24) is 15.1 Å². The van der Waals surface area contributed by atoms with Crippen LogP contribution in [0.2, 0.25) is 0 Å². The zero-order valence-corrected chi connectivity index (χ0v) is 20.2. The number of primary amides is 1. The molecule has 0 aliphatic carbocycles. The molecule has 0 saturated heterocycles. The van der Waals surface area contributed by atoms with Crippen molar-refractivity contribution in [2.24, 2.45) is 5.73 Å². The van der Waals surface area contributed by atoms with Crippen LogP contribution in [0.5, 0.6) is 5.75 Å². The van der Waals surface area contributed by atoms with E-state index in [9.17, 15) is 9.59 Å². The molecule has 0 radical (unpaired) electrons. The third-order valence-corrected chi connectivity index (χ3v) is 6.34. The van der Waals surface area contributed by atoms with Gasteiger partial charge in [0.25, 0.3) is 11.8 Å². The Bertz CT molecular complexity index is 1460. The zero-order valence-electron chi connectivity index (χ0n) is 20.2. The van der Waals surface area contributed by atoms with Crippen molar-refractivity contribution in [3.63, 3.8) is 0 Å². The van der Waals surface area contributed by atoms with Crippen LogP contribution in [0, 0.1) is 6.92 Å². The van der Waals surface area contributed by atoms with Crippen molar-refractivity contribution in [3.05, 3.63) is 94.5 Å². The predicted octanol–water partition coefficient (Wildman–Crippen LogP) is 4.20. The molecule has 182 valence electrons. The normalized spacial score (nSPS) is 12.1. The molecule has 0 spiro atoms. The van der Waals surface area contributed by atoms with Gasteiger partial charge >= 0.3 is 0 Å². The maximum Gasteiger partial charge on any atom is 0.255 e. The third kappa shape index (κ3) is 4.40. The molecule has 8 heteroatoms. The number of nitrogens with two attached hydrogens (primary N) is 1. The highest BCUT2D eigenvalue weighted by atomic mass is 16.5. The number of carbonyl (C=O) groups is 2. The number of aromatic nitrogens is 2. The summed E-state index contributed by atoms with van der Waals surface area (Å²) in [5.41, 5.74) is 12.0. The Hall–Kier alpha value is -4.59. The first-order chi connectivity index (χ1) is 17.4. The van der Waals surface area contributed by atoms with Crippen LogP contribution in [0.15, 0.2) is 66.7 Å². The minimum absolute atomic E-state index is 0.208. The summed E-state index contributed by atoms with van der Waals surface area (Å²) in [6.45, 7) is 2.90. The monoisotopic (exact) mass is 481 g/mol. The van der Waals surface area contributed by atoms with Crippen LogP contribution in [-0.4, -0.2) is 28.7 Å². The van der Waals surface area contributed by atoms with E-state index in [4.69, 9.17) is 15.6 Å². The van der Waals surface area contributed by atoms with E-state index in [-0.39, 0.29) is 5.91 Å². The molecule has 5 rings (SSSR count). The van der Waals surface area contributed by atoms with E-state index in [2.05, 4.69) is 16.7 Å². The number of rotatable bonds is 6. The molecular weight excluding hydrogens is 454 g/mol. The summed E-state index contributed by atoms with van der Waals surface area (Å²) in [6.07, 6.45) is 0.792. The number of carbonyl (C=O) groups excluding carboxylic acids is 2. The Morgan fingerprint density at radius 1 is 1.11 bits per heavy atom. The van der Waals surface area contributed by atoms with Gasteiger partial charge in [0.05, 0.1) is 12.7 Å². The molecule has 3 aromatic carbocycles. The number of nitrogens with zero attached hydrogens (tertiary/aromatic N) is 2. The van der Waals surface area contributed by atoms with Crippen molar-refractivity contribution in [2.45, 2.75) is 26.4 Å². The van der Waals surface area contributed by atoms with Crippen LogP contribution >= 0.6 is 0 Å². The molecule has 8 nitrogen and oxygen atoms in total. The summed E-state index contributed by atoms with van der Waals surface area (Å²) < 4.78 is 7.12. The lowest BCUT2D eigenvalue weighted by atomic mass is 10.0. The number of hydrogen-bond donors (Lipinski definition) is 3. The first-order valence-corrected chi connectivity index (χ1v) is 11.7. The van der Waals surface area contributed by atoms with Gasteiger partial charge in [-0.1, -0.05) is 54.1 Å². The number of nitrogens with one attached hydrogen (secondary N) is 2.